The summed E-state index contributed by atoms with van der Waals surface area (Å²) in [6.07, 6.45) is 2.17. The molecule has 1 saturated heterocycles. The number of rotatable bonds is 11. The van der Waals surface area contributed by atoms with Crippen molar-refractivity contribution in [1.82, 2.24) is 25.6 Å². The number of guanidine groups is 1. The zero-order chi connectivity index (χ0) is 21.1. The lowest BCUT2D eigenvalue weighted by atomic mass is 9.99. The predicted molar refractivity (Wildman–Crippen MR) is 136 cm³/mol. The molecule has 2 heterocycles. The highest BCUT2D eigenvalue weighted by Crippen LogP contribution is 2.22. The number of halogens is 1. The van der Waals surface area contributed by atoms with E-state index in [4.69, 9.17) is 4.52 Å². The summed E-state index contributed by atoms with van der Waals surface area (Å²) in [5, 5.41) is 11.1. The van der Waals surface area contributed by atoms with Gasteiger partial charge in [0.05, 0.1) is 5.69 Å². The summed E-state index contributed by atoms with van der Waals surface area (Å²) < 4.78 is 5.50. The third kappa shape index (κ3) is 9.09. The molecule has 0 bridgehead atoms. The summed E-state index contributed by atoms with van der Waals surface area (Å²) in [7, 11) is 0. The summed E-state index contributed by atoms with van der Waals surface area (Å²) in [4.78, 5) is 9.79. The Balaban J connectivity index is 0.00000450. The Bertz CT molecular complexity index is 596. The molecule has 8 heteroatoms. The Morgan fingerprint density at radius 2 is 1.77 bits per heavy atom. The fourth-order valence-corrected chi connectivity index (χ4v) is 3.87. The van der Waals surface area contributed by atoms with Crippen molar-refractivity contribution in [2.75, 3.05) is 52.4 Å². The molecular weight excluding hydrogens is 491 g/mol. The summed E-state index contributed by atoms with van der Waals surface area (Å²) in [6, 6.07) is 2.06. The number of aromatic nitrogens is 1. The highest BCUT2D eigenvalue weighted by Gasteiger charge is 2.17. The van der Waals surface area contributed by atoms with Crippen LogP contribution in [0.1, 0.15) is 64.8 Å². The van der Waals surface area contributed by atoms with Crippen molar-refractivity contribution in [3.8, 4) is 0 Å². The molecule has 1 fully saturated rings. The van der Waals surface area contributed by atoms with Crippen LogP contribution < -0.4 is 10.6 Å². The van der Waals surface area contributed by atoms with Gasteiger partial charge >= 0.3 is 0 Å². The number of piperazine rings is 1. The second-order valence-corrected chi connectivity index (χ2v) is 8.15. The molecule has 0 spiro atoms. The number of nitrogens with zero attached hydrogens (tertiary/aromatic N) is 4. The van der Waals surface area contributed by atoms with Crippen molar-refractivity contribution in [1.29, 1.82) is 0 Å². The molecule has 0 saturated carbocycles. The Morgan fingerprint density at radius 3 is 2.37 bits per heavy atom. The van der Waals surface area contributed by atoms with Gasteiger partial charge in [0.25, 0.3) is 0 Å². The first kappa shape index (κ1) is 27.2. The van der Waals surface area contributed by atoms with Gasteiger partial charge in [-0.2, -0.15) is 0 Å². The van der Waals surface area contributed by atoms with Crippen molar-refractivity contribution in [2.45, 2.75) is 59.9 Å². The molecular formula is C22H43IN6O. The van der Waals surface area contributed by atoms with Crippen LogP contribution in [0, 0.1) is 5.92 Å². The van der Waals surface area contributed by atoms with Crippen molar-refractivity contribution < 1.29 is 4.52 Å². The molecule has 1 unspecified atom stereocenters. The zero-order valence-electron chi connectivity index (χ0n) is 19.6. The minimum absolute atomic E-state index is 0. The Labute approximate surface area is 200 Å². The maximum Gasteiger partial charge on any atom is 0.191 e. The molecule has 0 aromatic carbocycles. The number of hydrogen-bond acceptors (Lipinski definition) is 5. The van der Waals surface area contributed by atoms with E-state index in [-0.39, 0.29) is 24.0 Å². The van der Waals surface area contributed by atoms with Gasteiger partial charge in [0, 0.05) is 57.8 Å². The lowest BCUT2D eigenvalue weighted by Crippen LogP contribution is -2.48. The highest BCUT2D eigenvalue weighted by atomic mass is 127. The standard InChI is InChI=1S/C22H42N6O.HI/c1-6-19(7-2)21-14-20(29-26-21)16-25-22(23-8-3)24-15-18(5)17-28-12-10-27(9-4)11-13-28;/h14,18-19H,6-13,15-17H2,1-5H3,(H2,23,24,25);1H. The van der Waals surface area contributed by atoms with E-state index in [9.17, 15) is 0 Å². The molecule has 30 heavy (non-hydrogen) atoms. The molecule has 1 aromatic heterocycles. The van der Waals surface area contributed by atoms with Gasteiger partial charge in [-0.15, -0.1) is 24.0 Å². The van der Waals surface area contributed by atoms with Gasteiger partial charge < -0.3 is 25.0 Å². The van der Waals surface area contributed by atoms with Crippen LogP contribution in [0.15, 0.2) is 15.6 Å². The number of aliphatic imine (C=N–C) groups is 1. The van der Waals surface area contributed by atoms with Gasteiger partial charge in [0.15, 0.2) is 11.7 Å². The first-order chi connectivity index (χ1) is 14.1. The van der Waals surface area contributed by atoms with Crippen LogP contribution in [0.25, 0.3) is 0 Å². The molecule has 0 aliphatic carbocycles. The topological polar surface area (TPSA) is 68.9 Å². The van der Waals surface area contributed by atoms with Gasteiger partial charge in [-0.05, 0) is 32.2 Å². The smallest absolute Gasteiger partial charge is 0.191 e. The van der Waals surface area contributed by atoms with Crippen molar-refractivity contribution in [2.24, 2.45) is 10.9 Å². The average molecular weight is 535 g/mol. The van der Waals surface area contributed by atoms with Crippen LogP contribution in [0.3, 0.4) is 0 Å². The van der Waals surface area contributed by atoms with Crippen molar-refractivity contribution in [3.05, 3.63) is 17.5 Å². The third-order valence-corrected chi connectivity index (χ3v) is 5.82. The van der Waals surface area contributed by atoms with Crippen molar-refractivity contribution >= 4 is 29.9 Å². The third-order valence-electron chi connectivity index (χ3n) is 5.82. The second kappa shape index (κ2) is 15.0. The minimum atomic E-state index is 0. The highest BCUT2D eigenvalue weighted by molar-refractivity contribution is 14.0. The molecule has 2 N–H and O–H groups in total. The van der Waals surface area contributed by atoms with Crippen LogP contribution in [-0.2, 0) is 6.54 Å². The predicted octanol–water partition coefficient (Wildman–Crippen LogP) is 3.52. The largest absolute Gasteiger partial charge is 0.359 e. The first-order valence-electron chi connectivity index (χ1n) is 11.5. The van der Waals surface area contributed by atoms with Gasteiger partial charge in [-0.3, -0.25) is 0 Å². The summed E-state index contributed by atoms with van der Waals surface area (Å²) in [5.41, 5.74) is 1.05. The van der Waals surface area contributed by atoms with Crippen molar-refractivity contribution in [3.63, 3.8) is 0 Å². The minimum Gasteiger partial charge on any atom is -0.359 e. The summed E-state index contributed by atoms with van der Waals surface area (Å²) >= 11 is 0. The van der Waals surface area contributed by atoms with Crippen LogP contribution in [0.5, 0.6) is 0 Å². The van der Waals surface area contributed by atoms with Crippen LogP contribution >= 0.6 is 24.0 Å². The van der Waals surface area contributed by atoms with E-state index in [1.807, 2.05) is 0 Å². The van der Waals surface area contributed by atoms with E-state index in [0.29, 0.717) is 18.4 Å². The SMILES string of the molecule is CCNC(=NCc1cc(C(CC)CC)no1)NCC(C)CN1CCN(CC)CC1.I. The monoisotopic (exact) mass is 534 g/mol. The van der Waals surface area contributed by atoms with E-state index in [1.165, 1.54) is 26.2 Å². The lowest BCUT2D eigenvalue weighted by Gasteiger charge is -2.35. The fourth-order valence-electron chi connectivity index (χ4n) is 3.87. The van der Waals surface area contributed by atoms with Gasteiger partial charge in [-0.25, -0.2) is 4.99 Å². The van der Waals surface area contributed by atoms with Crippen LogP contribution in [0.2, 0.25) is 0 Å². The number of likely N-dealkylation sites (N-methyl/N-ethyl adjacent to an activating group) is 1. The molecule has 1 aliphatic rings. The van der Waals surface area contributed by atoms with Crippen LogP contribution in [0.4, 0.5) is 0 Å². The van der Waals surface area contributed by atoms with Gasteiger partial charge in [-0.1, -0.05) is 32.9 Å². The van der Waals surface area contributed by atoms with Gasteiger partial charge in [0.2, 0.25) is 0 Å². The summed E-state index contributed by atoms with van der Waals surface area (Å²) in [6.45, 7) is 20.3. The number of nitrogens with one attached hydrogen (secondary N) is 2. The van der Waals surface area contributed by atoms with E-state index in [2.05, 4.69) is 71.3 Å². The van der Waals surface area contributed by atoms with Gasteiger partial charge in [0.1, 0.15) is 6.54 Å². The fraction of sp³-hybridized carbons (Fsp3) is 0.818. The second-order valence-electron chi connectivity index (χ2n) is 8.15. The Kier molecular flexibility index (Phi) is 13.6. The maximum absolute atomic E-state index is 5.50. The molecule has 174 valence electrons. The van der Waals surface area contributed by atoms with E-state index in [1.54, 1.807) is 0 Å². The summed E-state index contributed by atoms with van der Waals surface area (Å²) in [5.74, 6) is 2.71. The molecule has 1 aliphatic heterocycles. The van der Waals surface area contributed by atoms with E-state index < -0.39 is 0 Å². The average Bonchev–Trinajstić information content (AvgIpc) is 3.20. The normalized spacial score (nSPS) is 17.1. The maximum atomic E-state index is 5.50. The molecule has 7 nitrogen and oxygen atoms in total. The number of hydrogen-bond donors (Lipinski definition) is 2. The van der Waals surface area contributed by atoms with Crippen LogP contribution in [-0.4, -0.2) is 73.3 Å². The molecule has 0 amide bonds. The van der Waals surface area contributed by atoms with E-state index >= 15 is 0 Å². The zero-order valence-corrected chi connectivity index (χ0v) is 21.9. The molecule has 0 radical (unpaired) electrons. The molecule has 1 aromatic rings. The molecule has 1 atom stereocenters. The first-order valence-corrected chi connectivity index (χ1v) is 11.5. The Hall–Kier alpha value is -0.870. The Morgan fingerprint density at radius 1 is 1.10 bits per heavy atom. The molecule has 2 rings (SSSR count). The quantitative estimate of drug-likeness (QED) is 0.257. The van der Waals surface area contributed by atoms with E-state index in [0.717, 1.165) is 56.4 Å². The lowest BCUT2D eigenvalue weighted by molar-refractivity contribution is 0.124.